The van der Waals surface area contributed by atoms with E-state index in [4.69, 9.17) is 12.2 Å². The molecule has 4 nitrogen and oxygen atoms in total. The molecule has 0 radical (unpaired) electrons. The van der Waals surface area contributed by atoms with Crippen molar-refractivity contribution >= 4 is 34.4 Å². The van der Waals surface area contributed by atoms with Crippen molar-refractivity contribution in [2.24, 2.45) is 0 Å². The molecule has 0 aromatic heterocycles. The fourth-order valence-corrected chi connectivity index (χ4v) is 2.92. The molecule has 2 aromatic rings. The highest BCUT2D eigenvalue weighted by Crippen LogP contribution is 2.18. The molecular weight excluding hydrogens is 304 g/mol. The standard InChI is InChI=1S/C18H22N4S/c1-21-11-13-22(14-12-21)18(23)20-17-9-7-16(8-10-17)19-15-5-3-2-4-6-15/h2-10,19H,11-14H2,1H3,(H,20,23)/p+1. The fourth-order valence-electron chi connectivity index (χ4n) is 2.62. The first kappa shape index (κ1) is 15.8. The minimum atomic E-state index is 0.821. The lowest BCUT2D eigenvalue weighted by Gasteiger charge is -2.32. The third kappa shape index (κ3) is 4.43. The number of hydrogen-bond donors (Lipinski definition) is 3. The summed E-state index contributed by atoms with van der Waals surface area (Å²) in [6.45, 7) is 4.32. The van der Waals surface area contributed by atoms with Crippen molar-refractivity contribution in [2.45, 2.75) is 0 Å². The van der Waals surface area contributed by atoms with Gasteiger partial charge in [0.25, 0.3) is 0 Å². The number of nitrogens with one attached hydrogen (secondary N) is 3. The Balaban J connectivity index is 1.56. The predicted molar refractivity (Wildman–Crippen MR) is 101 cm³/mol. The second-order valence-corrected chi connectivity index (χ2v) is 6.33. The van der Waals surface area contributed by atoms with Crippen LogP contribution in [-0.4, -0.2) is 43.2 Å². The van der Waals surface area contributed by atoms with E-state index in [1.807, 2.05) is 18.2 Å². The molecule has 3 N–H and O–H groups in total. The zero-order valence-electron chi connectivity index (χ0n) is 13.4. The van der Waals surface area contributed by atoms with Crippen LogP contribution >= 0.6 is 12.2 Å². The Labute approximate surface area is 143 Å². The Kier molecular flexibility index (Phi) is 5.10. The Morgan fingerprint density at radius 3 is 2.13 bits per heavy atom. The predicted octanol–water partition coefficient (Wildman–Crippen LogP) is 1.96. The Hall–Kier alpha value is -2.11. The second kappa shape index (κ2) is 7.44. The Bertz CT molecular complexity index is 634. The van der Waals surface area contributed by atoms with Crippen LogP contribution in [0.1, 0.15) is 0 Å². The van der Waals surface area contributed by atoms with Crippen molar-refractivity contribution in [3.63, 3.8) is 0 Å². The first-order valence-electron chi connectivity index (χ1n) is 8.00. The molecule has 3 rings (SSSR count). The normalized spacial score (nSPS) is 15.3. The summed E-state index contributed by atoms with van der Waals surface area (Å²) in [5.41, 5.74) is 3.18. The van der Waals surface area contributed by atoms with Crippen molar-refractivity contribution in [2.75, 3.05) is 43.9 Å². The van der Waals surface area contributed by atoms with E-state index in [1.165, 1.54) is 0 Å². The average molecular weight is 327 g/mol. The van der Waals surface area contributed by atoms with Crippen molar-refractivity contribution in [3.8, 4) is 0 Å². The van der Waals surface area contributed by atoms with Crippen LogP contribution in [0.5, 0.6) is 0 Å². The molecule has 0 saturated carbocycles. The summed E-state index contributed by atoms with van der Waals surface area (Å²) in [5, 5.41) is 7.54. The number of para-hydroxylation sites is 1. The van der Waals surface area contributed by atoms with E-state index in [0.29, 0.717) is 0 Å². The van der Waals surface area contributed by atoms with E-state index in [-0.39, 0.29) is 0 Å². The molecule has 0 amide bonds. The third-order valence-corrected chi connectivity index (χ3v) is 4.46. The number of hydrogen-bond acceptors (Lipinski definition) is 2. The van der Waals surface area contributed by atoms with Gasteiger partial charge in [0, 0.05) is 17.1 Å². The molecule has 2 aromatic carbocycles. The van der Waals surface area contributed by atoms with Gasteiger partial charge in [-0.25, -0.2) is 0 Å². The molecule has 0 atom stereocenters. The SMILES string of the molecule is C[NH+]1CCN(C(=S)Nc2ccc(Nc3ccccc3)cc2)CC1. The Morgan fingerprint density at radius 2 is 1.48 bits per heavy atom. The molecular formula is C18H23N4S+. The van der Waals surface area contributed by atoms with E-state index in [9.17, 15) is 0 Å². The zero-order valence-corrected chi connectivity index (χ0v) is 14.2. The van der Waals surface area contributed by atoms with E-state index >= 15 is 0 Å². The molecule has 1 aliphatic rings. The highest BCUT2D eigenvalue weighted by atomic mass is 32.1. The van der Waals surface area contributed by atoms with Crippen LogP contribution in [-0.2, 0) is 0 Å². The summed E-state index contributed by atoms with van der Waals surface area (Å²) in [5.74, 6) is 0. The van der Waals surface area contributed by atoms with Crippen molar-refractivity contribution in [3.05, 3.63) is 54.6 Å². The highest BCUT2D eigenvalue weighted by molar-refractivity contribution is 7.80. The summed E-state index contributed by atoms with van der Waals surface area (Å²) in [7, 11) is 2.23. The van der Waals surface area contributed by atoms with Crippen LogP contribution in [0.15, 0.2) is 54.6 Å². The van der Waals surface area contributed by atoms with E-state index in [0.717, 1.165) is 48.4 Å². The quantitative estimate of drug-likeness (QED) is 0.753. The van der Waals surface area contributed by atoms with Crippen LogP contribution in [0.3, 0.4) is 0 Å². The molecule has 1 fully saturated rings. The maximum Gasteiger partial charge on any atom is 0.173 e. The van der Waals surface area contributed by atoms with Crippen LogP contribution in [0.4, 0.5) is 17.1 Å². The smallest absolute Gasteiger partial charge is 0.173 e. The summed E-state index contributed by atoms with van der Waals surface area (Å²) < 4.78 is 0. The van der Waals surface area contributed by atoms with Crippen LogP contribution in [0, 0.1) is 0 Å². The van der Waals surface area contributed by atoms with Crippen LogP contribution in [0.2, 0.25) is 0 Å². The van der Waals surface area contributed by atoms with E-state index in [1.54, 1.807) is 4.90 Å². The average Bonchev–Trinajstić information content (AvgIpc) is 2.58. The minimum Gasteiger partial charge on any atom is -0.356 e. The lowest BCUT2D eigenvalue weighted by Crippen LogP contribution is -3.12. The maximum atomic E-state index is 5.52. The van der Waals surface area contributed by atoms with Gasteiger partial charge in [-0.2, -0.15) is 0 Å². The van der Waals surface area contributed by atoms with Crippen LogP contribution < -0.4 is 15.5 Å². The second-order valence-electron chi connectivity index (χ2n) is 5.94. The van der Waals surface area contributed by atoms with Crippen molar-refractivity contribution < 1.29 is 4.90 Å². The fraction of sp³-hybridized carbons (Fsp3) is 0.278. The van der Waals surface area contributed by atoms with Gasteiger partial charge in [0.1, 0.15) is 0 Å². The molecule has 1 aliphatic heterocycles. The summed E-state index contributed by atoms with van der Waals surface area (Å²) in [6.07, 6.45) is 0. The third-order valence-electron chi connectivity index (χ3n) is 4.10. The first-order valence-corrected chi connectivity index (χ1v) is 8.41. The Morgan fingerprint density at radius 1 is 0.913 bits per heavy atom. The van der Waals surface area contributed by atoms with Gasteiger partial charge in [-0.15, -0.1) is 0 Å². The molecule has 1 saturated heterocycles. The number of nitrogens with zero attached hydrogens (tertiary/aromatic N) is 1. The number of benzene rings is 2. The largest absolute Gasteiger partial charge is 0.356 e. The number of rotatable bonds is 3. The van der Waals surface area contributed by atoms with Gasteiger partial charge < -0.3 is 20.4 Å². The topological polar surface area (TPSA) is 31.7 Å². The molecule has 5 heteroatoms. The lowest BCUT2D eigenvalue weighted by atomic mass is 10.2. The van der Waals surface area contributed by atoms with Gasteiger partial charge in [-0.05, 0) is 48.6 Å². The molecule has 23 heavy (non-hydrogen) atoms. The van der Waals surface area contributed by atoms with Gasteiger partial charge in [-0.1, -0.05) is 18.2 Å². The zero-order chi connectivity index (χ0) is 16.1. The summed E-state index contributed by atoms with van der Waals surface area (Å²) in [6, 6.07) is 18.4. The van der Waals surface area contributed by atoms with Gasteiger partial charge in [0.2, 0.25) is 0 Å². The van der Waals surface area contributed by atoms with Crippen molar-refractivity contribution in [1.82, 2.24) is 4.90 Å². The number of anilines is 3. The number of thiocarbonyl (C=S) groups is 1. The van der Waals surface area contributed by atoms with E-state index < -0.39 is 0 Å². The molecule has 0 spiro atoms. The lowest BCUT2D eigenvalue weighted by molar-refractivity contribution is -0.883. The number of quaternary nitrogens is 1. The van der Waals surface area contributed by atoms with Crippen LogP contribution in [0.25, 0.3) is 0 Å². The van der Waals surface area contributed by atoms with Gasteiger partial charge >= 0.3 is 0 Å². The maximum absolute atomic E-state index is 5.52. The van der Waals surface area contributed by atoms with Gasteiger partial charge in [-0.3, -0.25) is 0 Å². The summed E-state index contributed by atoms with van der Waals surface area (Å²) >= 11 is 5.52. The molecule has 0 unspecified atom stereocenters. The molecule has 1 heterocycles. The number of likely N-dealkylation sites (N-methyl/N-ethyl adjacent to an activating group) is 1. The molecule has 0 aliphatic carbocycles. The van der Waals surface area contributed by atoms with Gasteiger partial charge in [0.05, 0.1) is 33.2 Å². The molecule has 120 valence electrons. The highest BCUT2D eigenvalue weighted by Gasteiger charge is 2.18. The monoisotopic (exact) mass is 327 g/mol. The number of piperazine rings is 1. The molecule has 0 bridgehead atoms. The summed E-state index contributed by atoms with van der Waals surface area (Å²) in [4.78, 5) is 3.82. The minimum absolute atomic E-state index is 0.821. The van der Waals surface area contributed by atoms with E-state index in [2.05, 4.69) is 59.0 Å². The van der Waals surface area contributed by atoms with Crippen molar-refractivity contribution in [1.29, 1.82) is 0 Å². The van der Waals surface area contributed by atoms with Gasteiger partial charge in [0.15, 0.2) is 5.11 Å². The first-order chi connectivity index (χ1) is 11.2.